The third kappa shape index (κ3) is 7.38. The zero-order valence-electron chi connectivity index (χ0n) is 19.5. The normalized spacial score (nSPS) is 19.2. The van der Waals surface area contributed by atoms with E-state index in [1.54, 1.807) is 36.4 Å². The SMILES string of the molecule is CCC1CCC(OC(=O)c2ccc(C=CC(=O)OCC(C)c3cc(N)cc(N)c3)cc2)CC1. The number of esters is 2. The van der Waals surface area contributed by atoms with Gasteiger partial charge in [-0.25, -0.2) is 9.59 Å². The molecule has 1 unspecified atom stereocenters. The highest BCUT2D eigenvalue weighted by Gasteiger charge is 2.23. The number of carbonyl (C=O) groups excluding carboxylic acids is 2. The molecule has 3 rings (SSSR count). The average molecular weight is 451 g/mol. The number of hydrogen-bond acceptors (Lipinski definition) is 6. The summed E-state index contributed by atoms with van der Waals surface area (Å²) in [6, 6.07) is 12.3. The Morgan fingerprint density at radius 3 is 2.27 bits per heavy atom. The van der Waals surface area contributed by atoms with Crippen LogP contribution in [0, 0.1) is 5.92 Å². The second-order valence-electron chi connectivity index (χ2n) is 8.88. The lowest BCUT2D eigenvalue weighted by Gasteiger charge is -2.27. The second kappa shape index (κ2) is 11.5. The molecule has 1 aliphatic carbocycles. The Balaban J connectivity index is 1.46. The number of nitrogens with two attached hydrogens (primary N) is 2. The van der Waals surface area contributed by atoms with Gasteiger partial charge in [0.2, 0.25) is 0 Å². The van der Waals surface area contributed by atoms with Gasteiger partial charge in [-0.05, 0) is 79.1 Å². The molecule has 0 saturated heterocycles. The maximum atomic E-state index is 12.4. The fourth-order valence-electron chi connectivity index (χ4n) is 4.11. The molecule has 1 fully saturated rings. The molecular weight excluding hydrogens is 416 g/mol. The zero-order valence-corrected chi connectivity index (χ0v) is 19.5. The summed E-state index contributed by atoms with van der Waals surface area (Å²) in [6.45, 7) is 4.38. The van der Waals surface area contributed by atoms with Crippen molar-refractivity contribution in [1.29, 1.82) is 0 Å². The first-order valence-electron chi connectivity index (χ1n) is 11.7. The van der Waals surface area contributed by atoms with Gasteiger partial charge in [0.05, 0.1) is 12.2 Å². The highest BCUT2D eigenvalue weighted by molar-refractivity contribution is 5.90. The average Bonchev–Trinajstić information content (AvgIpc) is 2.81. The van der Waals surface area contributed by atoms with E-state index in [1.807, 2.05) is 19.1 Å². The second-order valence-corrected chi connectivity index (χ2v) is 8.88. The molecule has 0 amide bonds. The molecule has 4 N–H and O–H groups in total. The number of ether oxygens (including phenoxy) is 2. The third-order valence-corrected chi connectivity index (χ3v) is 6.25. The topological polar surface area (TPSA) is 105 Å². The van der Waals surface area contributed by atoms with Crippen molar-refractivity contribution in [3.8, 4) is 0 Å². The van der Waals surface area contributed by atoms with Crippen molar-refractivity contribution >= 4 is 29.4 Å². The van der Waals surface area contributed by atoms with E-state index in [-0.39, 0.29) is 24.6 Å². The molecule has 2 aromatic rings. The number of benzene rings is 2. The zero-order chi connectivity index (χ0) is 23.8. The Labute approximate surface area is 195 Å². The molecule has 0 bridgehead atoms. The molecule has 0 radical (unpaired) electrons. The maximum absolute atomic E-state index is 12.4. The molecule has 6 heteroatoms. The van der Waals surface area contributed by atoms with Crippen LogP contribution in [0.15, 0.2) is 48.5 Å². The molecule has 176 valence electrons. The number of anilines is 2. The van der Waals surface area contributed by atoms with Crippen LogP contribution < -0.4 is 11.5 Å². The Hall–Kier alpha value is -3.28. The van der Waals surface area contributed by atoms with E-state index in [9.17, 15) is 9.59 Å². The molecule has 6 nitrogen and oxygen atoms in total. The first-order chi connectivity index (χ1) is 15.8. The van der Waals surface area contributed by atoms with Crippen molar-refractivity contribution in [2.75, 3.05) is 18.1 Å². The summed E-state index contributed by atoms with van der Waals surface area (Å²) >= 11 is 0. The van der Waals surface area contributed by atoms with Gasteiger partial charge in [0.1, 0.15) is 6.10 Å². The van der Waals surface area contributed by atoms with Gasteiger partial charge in [0, 0.05) is 23.4 Å². The minimum absolute atomic E-state index is 0.0146. The predicted octanol–water partition coefficient (Wildman–Crippen LogP) is 5.34. The molecule has 1 atom stereocenters. The Bertz CT molecular complexity index is 956. The van der Waals surface area contributed by atoms with E-state index < -0.39 is 5.97 Å². The first kappa shape index (κ1) is 24.4. The minimum atomic E-state index is -0.440. The van der Waals surface area contributed by atoms with Gasteiger partial charge in [-0.3, -0.25) is 0 Å². The number of nitrogen functional groups attached to an aromatic ring is 2. The van der Waals surface area contributed by atoms with Crippen molar-refractivity contribution in [3.63, 3.8) is 0 Å². The Kier molecular flexibility index (Phi) is 8.52. The molecule has 0 aliphatic heterocycles. The first-order valence-corrected chi connectivity index (χ1v) is 11.7. The van der Waals surface area contributed by atoms with Crippen LogP contribution in [0.1, 0.15) is 73.4 Å². The lowest BCUT2D eigenvalue weighted by molar-refractivity contribution is -0.138. The Morgan fingerprint density at radius 1 is 1.03 bits per heavy atom. The standard InChI is InChI=1S/C27H34N2O4/c1-3-19-6-11-25(12-7-19)33-27(31)21-9-4-20(5-10-21)8-13-26(30)32-17-18(2)22-14-23(28)16-24(29)15-22/h4-5,8-10,13-16,18-19,25H,3,6-7,11-12,17,28-29H2,1-2H3. The Morgan fingerprint density at radius 2 is 1.67 bits per heavy atom. The van der Waals surface area contributed by atoms with Crippen LogP contribution in [0.5, 0.6) is 0 Å². The lowest BCUT2D eigenvalue weighted by atomic mass is 9.86. The fraction of sp³-hybridized carbons (Fsp3) is 0.407. The maximum Gasteiger partial charge on any atom is 0.338 e. The van der Waals surface area contributed by atoms with Crippen molar-refractivity contribution in [3.05, 3.63) is 65.2 Å². The highest BCUT2D eigenvalue weighted by atomic mass is 16.5. The van der Waals surface area contributed by atoms with E-state index in [0.29, 0.717) is 16.9 Å². The summed E-state index contributed by atoms with van der Waals surface area (Å²) in [4.78, 5) is 24.5. The van der Waals surface area contributed by atoms with Crippen molar-refractivity contribution in [2.24, 2.45) is 5.92 Å². The minimum Gasteiger partial charge on any atom is -0.462 e. The summed E-state index contributed by atoms with van der Waals surface area (Å²) in [5.74, 6) is -0.00159. The number of hydrogen-bond donors (Lipinski definition) is 2. The van der Waals surface area contributed by atoms with Crippen molar-refractivity contribution in [1.82, 2.24) is 0 Å². The van der Waals surface area contributed by atoms with Gasteiger partial charge < -0.3 is 20.9 Å². The van der Waals surface area contributed by atoms with Gasteiger partial charge in [-0.2, -0.15) is 0 Å². The van der Waals surface area contributed by atoms with Gasteiger partial charge in [-0.15, -0.1) is 0 Å². The van der Waals surface area contributed by atoms with Crippen LogP contribution in [0.4, 0.5) is 11.4 Å². The molecule has 1 saturated carbocycles. The molecule has 1 aliphatic rings. The number of carbonyl (C=O) groups is 2. The summed E-state index contributed by atoms with van der Waals surface area (Å²) in [7, 11) is 0. The molecule has 2 aromatic carbocycles. The van der Waals surface area contributed by atoms with Crippen LogP contribution in [0.2, 0.25) is 0 Å². The van der Waals surface area contributed by atoms with Crippen LogP contribution >= 0.6 is 0 Å². The summed E-state index contributed by atoms with van der Waals surface area (Å²) in [6.07, 6.45) is 8.38. The van der Waals surface area contributed by atoms with E-state index in [2.05, 4.69) is 6.92 Å². The monoisotopic (exact) mass is 450 g/mol. The van der Waals surface area contributed by atoms with Crippen LogP contribution in [-0.4, -0.2) is 24.6 Å². The van der Waals surface area contributed by atoms with Gasteiger partial charge in [0.25, 0.3) is 0 Å². The molecule has 0 aromatic heterocycles. The predicted molar refractivity (Wildman–Crippen MR) is 132 cm³/mol. The summed E-state index contributed by atoms with van der Waals surface area (Å²) in [5, 5.41) is 0. The molecule has 0 heterocycles. The van der Waals surface area contributed by atoms with E-state index in [1.165, 1.54) is 12.5 Å². The highest BCUT2D eigenvalue weighted by Crippen LogP contribution is 2.28. The molecule has 0 spiro atoms. The smallest absolute Gasteiger partial charge is 0.338 e. The fourth-order valence-corrected chi connectivity index (χ4v) is 4.11. The van der Waals surface area contributed by atoms with Crippen LogP contribution in [-0.2, 0) is 14.3 Å². The van der Waals surface area contributed by atoms with Gasteiger partial charge in [0.15, 0.2) is 0 Å². The van der Waals surface area contributed by atoms with E-state index >= 15 is 0 Å². The molecular formula is C27H34N2O4. The largest absolute Gasteiger partial charge is 0.462 e. The van der Waals surface area contributed by atoms with Crippen LogP contribution in [0.25, 0.3) is 6.08 Å². The quantitative estimate of drug-likeness (QED) is 0.320. The molecule has 33 heavy (non-hydrogen) atoms. The van der Waals surface area contributed by atoms with Crippen molar-refractivity contribution < 1.29 is 19.1 Å². The van der Waals surface area contributed by atoms with Crippen molar-refractivity contribution in [2.45, 2.75) is 58.0 Å². The summed E-state index contributed by atoms with van der Waals surface area (Å²) < 4.78 is 11.0. The van der Waals surface area contributed by atoms with E-state index in [0.717, 1.165) is 42.7 Å². The third-order valence-electron chi connectivity index (χ3n) is 6.25. The van der Waals surface area contributed by atoms with Crippen LogP contribution in [0.3, 0.4) is 0 Å². The van der Waals surface area contributed by atoms with E-state index in [4.69, 9.17) is 20.9 Å². The summed E-state index contributed by atoms with van der Waals surface area (Å²) in [5.41, 5.74) is 15.0. The van der Waals surface area contributed by atoms with Gasteiger partial charge >= 0.3 is 11.9 Å². The lowest BCUT2D eigenvalue weighted by Crippen LogP contribution is -2.24. The van der Waals surface area contributed by atoms with Gasteiger partial charge in [-0.1, -0.05) is 32.4 Å². The number of rotatable bonds is 8.